The number of aliphatic hydroxyl groups is 1. The zero-order valence-corrected chi connectivity index (χ0v) is 49.2. The monoisotopic (exact) mass is 1130 g/mol. The van der Waals surface area contributed by atoms with E-state index in [0.717, 1.165) is 54.2 Å². The van der Waals surface area contributed by atoms with Gasteiger partial charge in [0.2, 0.25) is 17.7 Å². The van der Waals surface area contributed by atoms with E-state index < -0.39 is 41.1 Å². The van der Waals surface area contributed by atoms with Crippen LogP contribution in [0.3, 0.4) is 0 Å². The highest BCUT2D eigenvalue weighted by Gasteiger charge is 2.45. The number of pyridine rings is 1. The number of unbranched alkanes of at least 4 members (excludes halogenated alkanes) is 2. The standard InChI is InChI=1S/C63H72N8O8S2/c1-37-44(45-28-29-52(67-54(45)60(77)79-63(7,8)9)70-31-30-41-17-15-19-46(47(41)35-70)57(74)69-61-66-48-20-12-13-22-51(48)81-61)18-16-21-50(37)78-32-14-10-11-23-53(73)68-56(62(4,5)6)59(76)71-34-43(72)33-49(71)58(75)65-38(2)40-24-26-42(27-25-40)55-39(3)64-36-80-55/h12-13,15-22,24-29,36,38,43,49,56,72H,10-11,14,23,30-35H2,1-9H3,(H,65,75)(H,68,73)(H,66,69,74)/t38-,43+,49-,56+/m0/s1. The number of carbonyl (C=O) groups is 5. The number of aliphatic hydroxyl groups excluding tert-OH is 1. The van der Waals surface area contributed by atoms with E-state index in [1.165, 1.54) is 16.2 Å². The van der Waals surface area contributed by atoms with E-state index in [0.29, 0.717) is 73.2 Å². The van der Waals surface area contributed by atoms with Crippen LogP contribution < -0.4 is 25.6 Å². The fourth-order valence-electron chi connectivity index (χ4n) is 10.5. The molecule has 7 aromatic rings. The molecule has 18 heteroatoms. The molecule has 2 aliphatic heterocycles. The first kappa shape index (κ1) is 58.1. The SMILES string of the molecule is Cc1ncsc1-c1ccc([C@H](C)NC(=O)[C@@H]2C[C@@H](O)CN2C(=O)[C@@H](NC(=O)CCCCCOc2cccc(-c3ccc(N4CCc5cccc(C(=O)Nc6nc7ccccc7s6)c5C4)nc3C(=O)OC(C)(C)C)c2C)C(C)(C)C)cc1. The first-order valence-electron chi connectivity index (χ1n) is 27.7. The van der Waals surface area contributed by atoms with Gasteiger partial charge in [0.1, 0.15) is 29.3 Å². The normalized spacial score (nSPS) is 16.1. The van der Waals surface area contributed by atoms with Crippen molar-refractivity contribution >= 4 is 73.4 Å². The Labute approximate surface area is 481 Å². The van der Waals surface area contributed by atoms with E-state index in [2.05, 4.69) is 30.8 Å². The van der Waals surface area contributed by atoms with Crippen molar-refractivity contribution in [2.75, 3.05) is 29.9 Å². The lowest BCUT2D eigenvalue weighted by Gasteiger charge is -2.35. The van der Waals surface area contributed by atoms with Crippen molar-refractivity contribution in [2.45, 2.75) is 137 Å². The smallest absolute Gasteiger partial charge is 0.358 e. The summed E-state index contributed by atoms with van der Waals surface area (Å²) < 4.78 is 13.3. The summed E-state index contributed by atoms with van der Waals surface area (Å²) in [6.45, 7) is 18.3. The number of amides is 4. The quantitative estimate of drug-likeness (QED) is 0.0468. The summed E-state index contributed by atoms with van der Waals surface area (Å²) in [7, 11) is 0. The van der Waals surface area contributed by atoms with Crippen molar-refractivity contribution < 1.29 is 38.6 Å². The molecule has 4 amide bonds. The maximum Gasteiger partial charge on any atom is 0.358 e. The Bertz CT molecular complexity index is 3420. The molecule has 424 valence electrons. The number of nitrogens with zero attached hydrogens (tertiary/aromatic N) is 5. The van der Waals surface area contributed by atoms with Gasteiger partial charge < -0.3 is 35.0 Å². The summed E-state index contributed by atoms with van der Waals surface area (Å²) in [5.74, 6) is -0.629. The van der Waals surface area contributed by atoms with Crippen LogP contribution in [0.1, 0.15) is 135 Å². The second-order valence-corrected chi connectivity index (χ2v) is 25.0. The lowest BCUT2D eigenvalue weighted by molar-refractivity contribution is -0.144. The maximum absolute atomic E-state index is 14.3. The van der Waals surface area contributed by atoms with E-state index in [1.54, 1.807) is 11.3 Å². The summed E-state index contributed by atoms with van der Waals surface area (Å²) in [4.78, 5) is 88.0. The van der Waals surface area contributed by atoms with Crippen molar-refractivity contribution in [3.63, 3.8) is 0 Å². The minimum atomic E-state index is -0.932. The number of aryl methyl sites for hydroxylation is 1. The van der Waals surface area contributed by atoms with Crippen LogP contribution in [-0.2, 0) is 32.1 Å². The predicted molar refractivity (Wildman–Crippen MR) is 319 cm³/mol. The number of likely N-dealkylation sites (tertiary alicyclic amines) is 1. The number of carbonyl (C=O) groups excluding carboxylic acids is 5. The summed E-state index contributed by atoms with van der Waals surface area (Å²) in [5, 5.41) is 20.3. The molecule has 0 unspecified atom stereocenters. The van der Waals surface area contributed by atoms with Crippen molar-refractivity contribution in [1.29, 1.82) is 0 Å². The molecule has 81 heavy (non-hydrogen) atoms. The molecule has 2 aliphatic rings. The first-order valence-corrected chi connectivity index (χ1v) is 29.4. The highest BCUT2D eigenvalue weighted by Crippen LogP contribution is 2.37. The molecule has 0 saturated carbocycles. The molecule has 1 fully saturated rings. The van der Waals surface area contributed by atoms with Crippen LogP contribution in [0.2, 0.25) is 0 Å². The van der Waals surface area contributed by atoms with Crippen LogP contribution >= 0.6 is 22.7 Å². The third kappa shape index (κ3) is 13.8. The maximum atomic E-state index is 14.3. The Balaban J connectivity index is 0.798. The second kappa shape index (κ2) is 24.7. The molecule has 0 radical (unpaired) electrons. The summed E-state index contributed by atoms with van der Waals surface area (Å²) in [5.41, 5.74) is 8.94. The minimum absolute atomic E-state index is 0.0139. The van der Waals surface area contributed by atoms with Gasteiger partial charge in [-0.3, -0.25) is 24.5 Å². The van der Waals surface area contributed by atoms with Crippen molar-refractivity contribution in [1.82, 2.24) is 30.5 Å². The van der Waals surface area contributed by atoms with Crippen molar-refractivity contribution in [3.05, 3.63) is 142 Å². The van der Waals surface area contributed by atoms with E-state index in [1.807, 2.05) is 165 Å². The molecular formula is C63H72N8O8S2. The van der Waals surface area contributed by atoms with Gasteiger partial charge in [-0.15, -0.1) is 11.3 Å². The van der Waals surface area contributed by atoms with E-state index in [4.69, 9.17) is 14.5 Å². The molecule has 0 aliphatic carbocycles. The first-order chi connectivity index (χ1) is 38.6. The number of hydrogen-bond acceptors (Lipinski definition) is 14. The van der Waals surface area contributed by atoms with Gasteiger partial charge in [-0.1, -0.05) is 92.8 Å². The van der Waals surface area contributed by atoms with Crippen LogP contribution in [0.4, 0.5) is 10.9 Å². The Morgan fingerprint density at radius 3 is 2.33 bits per heavy atom. The Morgan fingerprint density at radius 1 is 0.840 bits per heavy atom. The molecule has 9 rings (SSSR count). The van der Waals surface area contributed by atoms with Crippen LogP contribution in [0.25, 0.3) is 31.8 Å². The average molecular weight is 1130 g/mol. The van der Waals surface area contributed by atoms with Gasteiger partial charge in [0.05, 0.1) is 45.1 Å². The predicted octanol–water partition coefficient (Wildman–Crippen LogP) is 11.2. The molecule has 4 atom stereocenters. The number of rotatable bonds is 18. The van der Waals surface area contributed by atoms with E-state index in [9.17, 15) is 29.1 Å². The molecule has 16 nitrogen and oxygen atoms in total. The Kier molecular flexibility index (Phi) is 17.7. The molecule has 4 N–H and O–H groups in total. The van der Waals surface area contributed by atoms with Gasteiger partial charge in [-0.05, 0) is 142 Å². The summed E-state index contributed by atoms with van der Waals surface area (Å²) in [6, 6.07) is 28.8. The topological polar surface area (TPSA) is 205 Å². The molecule has 1 saturated heterocycles. The highest BCUT2D eigenvalue weighted by atomic mass is 32.1. The molecule has 3 aromatic heterocycles. The number of β-amino-alcohol motifs (C(OH)–C–C–N with tert-alkyl or cyclic N) is 1. The summed E-state index contributed by atoms with van der Waals surface area (Å²) in [6.07, 6.45) is 1.95. The van der Waals surface area contributed by atoms with Crippen molar-refractivity contribution in [3.8, 4) is 27.3 Å². The number of nitrogens with one attached hydrogen (secondary N) is 3. The fourth-order valence-corrected chi connectivity index (χ4v) is 12.1. The number of thiazole rings is 2. The zero-order chi connectivity index (χ0) is 57.8. The largest absolute Gasteiger partial charge is 0.493 e. The number of aromatic nitrogens is 3. The third-order valence-corrected chi connectivity index (χ3v) is 16.7. The number of para-hydroxylation sites is 1. The van der Waals surface area contributed by atoms with Gasteiger partial charge in [0.15, 0.2) is 10.8 Å². The average Bonchev–Trinajstić information content (AvgIpc) is 4.19. The van der Waals surface area contributed by atoms with Crippen LogP contribution in [-0.4, -0.2) is 98.0 Å². The summed E-state index contributed by atoms with van der Waals surface area (Å²) >= 11 is 3.00. The number of anilines is 2. The Hall–Kier alpha value is -7.54. The number of ether oxygens (including phenoxy) is 2. The van der Waals surface area contributed by atoms with Gasteiger partial charge in [-0.2, -0.15) is 0 Å². The molecule has 0 bridgehead atoms. The van der Waals surface area contributed by atoms with Crippen molar-refractivity contribution in [2.24, 2.45) is 5.41 Å². The van der Waals surface area contributed by atoms with E-state index in [-0.39, 0.29) is 48.8 Å². The number of benzene rings is 4. The number of esters is 1. The number of fused-ring (bicyclic) bond motifs is 2. The van der Waals surface area contributed by atoms with Crippen LogP contribution in [0.5, 0.6) is 5.75 Å². The molecule has 4 aromatic carbocycles. The minimum Gasteiger partial charge on any atom is -0.493 e. The van der Waals surface area contributed by atoms with Gasteiger partial charge in [0, 0.05) is 43.6 Å². The van der Waals surface area contributed by atoms with E-state index >= 15 is 0 Å². The fraction of sp³-hybridized carbons (Fsp3) is 0.397. The van der Waals surface area contributed by atoms with Gasteiger partial charge in [0.25, 0.3) is 5.91 Å². The second-order valence-electron chi connectivity index (χ2n) is 23.1. The number of hydrogen-bond donors (Lipinski definition) is 4. The van der Waals surface area contributed by atoms with Crippen LogP contribution in [0.15, 0.2) is 103 Å². The molecule has 5 heterocycles. The van der Waals surface area contributed by atoms with Crippen LogP contribution in [0, 0.1) is 19.3 Å². The highest BCUT2D eigenvalue weighted by molar-refractivity contribution is 7.22. The van der Waals surface area contributed by atoms with Gasteiger partial charge in [-0.25, -0.2) is 19.7 Å². The lowest BCUT2D eigenvalue weighted by Crippen LogP contribution is -2.57. The lowest BCUT2D eigenvalue weighted by atomic mass is 9.85. The molecular weight excluding hydrogens is 1060 g/mol. The molecule has 0 spiro atoms. The third-order valence-electron chi connectivity index (χ3n) is 14.8. The zero-order valence-electron chi connectivity index (χ0n) is 47.6. The Morgan fingerprint density at radius 2 is 1.60 bits per heavy atom. The van der Waals surface area contributed by atoms with Gasteiger partial charge >= 0.3 is 5.97 Å².